The van der Waals surface area contributed by atoms with Crippen molar-refractivity contribution >= 4 is 22.3 Å². The van der Waals surface area contributed by atoms with Crippen LogP contribution in [0.15, 0.2) is 63.9 Å². The molecule has 120 valence electrons. The molecule has 0 unspecified atom stereocenters. The van der Waals surface area contributed by atoms with Gasteiger partial charge in [-0.3, -0.25) is 0 Å². The van der Waals surface area contributed by atoms with E-state index in [1.807, 2.05) is 24.3 Å². The minimum absolute atomic E-state index is 0.118. The Balaban J connectivity index is 2.06. The third kappa shape index (κ3) is 4.69. The number of rotatable bonds is 6. The minimum atomic E-state index is -3.71. The Labute approximate surface area is 136 Å². The van der Waals surface area contributed by atoms with Crippen molar-refractivity contribution in [2.45, 2.75) is 4.90 Å². The number of hydrogen-bond donors (Lipinski definition) is 0. The fourth-order valence-electron chi connectivity index (χ4n) is 1.79. The van der Waals surface area contributed by atoms with Gasteiger partial charge >= 0.3 is 0 Å². The molecule has 0 saturated carbocycles. The molecule has 0 heterocycles. The second-order valence-electron chi connectivity index (χ2n) is 4.54. The number of methoxy groups -OCH3 is 2. The summed E-state index contributed by atoms with van der Waals surface area (Å²) in [6.07, 6.45) is 4.58. The summed E-state index contributed by atoms with van der Waals surface area (Å²) in [6, 6.07) is 13.4. The van der Waals surface area contributed by atoms with Gasteiger partial charge in [-0.1, -0.05) is 18.2 Å². The first kappa shape index (κ1) is 16.8. The van der Waals surface area contributed by atoms with E-state index in [0.717, 1.165) is 11.3 Å². The van der Waals surface area contributed by atoms with Crippen molar-refractivity contribution in [1.82, 2.24) is 0 Å². The predicted molar refractivity (Wildman–Crippen MR) is 90.7 cm³/mol. The zero-order chi connectivity index (χ0) is 16.7. The van der Waals surface area contributed by atoms with Gasteiger partial charge in [0, 0.05) is 6.21 Å². The molecule has 2 aromatic rings. The maximum absolute atomic E-state index is 12.0. The Morgan fingerprint density at radius 1 is 0.870 bits per heavy atom. The Bertz CT molecular complexity index is 791. The van der Waals surface area contributed by atoms with Crippen molar-refractivity contribution in [1.29, 1.82) is 0 Å². The lowest BCUT2D eigenvalue weighted by Crippen LogP contribution is -1.96. The van der Waals surface area contributed by atoms with Crippen LogP contribution in [-0.2, 0) is 10.0 Å². The molecule has 0 radical (unpaired) electrons. The zero-order valence-corrected chi connectivity index (χ0v) is 13.7. The molecule has 0 saturated heterocycles. The summed E-state index contributed by atoms with van der Waals surface area (Å²) in [6.45, 7) is 0. The molecule has 0 aliphatic rings. The number of benzene rings is 2. The minimum Gasteiger partial charge on any atom is -0.497 e. The summed E-state index contributed by atoms with van der Waals surface area (Å²) in [4.78, 5) is 0.118. The monoisotopic (exact) mass is 331 g/mol. The SMILES string of the molecule is COc1ccc(/C=C/C=N/S(=O)(=O)c2ccc(OC)cc2)cc1. The van der Waals surface area contributed by atoms with E-state index < -0.39 is 10.0 Å². The van der Waals surface area contributed by atoms with Crippen LogP contribution in [0.25, 0.3) is 6.08 Å². The van der Waals surface area contributed by atoms with Gasteiger partial charge in [-0.05, 0) is 48.0 Å². The molecule has 0 bridgehead atoms. The second-order valence-corrected chi connectivity index (χ2v) is 6.17. The van der Waals surface area contributed by atoms with Gasteiger partial charge in [0.2, 0.25) is 0 Å². The molecule has 0 N–H and O–H groups in total. The highest BCUT2D eigenvalue weighted by Gasteiger charge is 2.10. The first-order chi connectivity index (χ1) is 11.0. The fourth-order valence-corrected chi connectivity index (χ4v) is 2.63. The first-order valence-corrected chi connectivity index (χ1v) is 8.24. The molecule has 6 heteroatoms. The van der Waals surface area contributed by atoms with Crippen LogP contribution in [0, 0.1) is 0 Å². The van der Waals surface area contributed by atoms with Gasteiger partial charge in [0.05, 0.1) is 19.1 Å². The Morgan fingerprint density at radius 3 is 1.91 bits per heavy atom. The quantitative estimate of drug-likeness (QED) is 0.763. The van der Waals surface area contributed by atoms with Crippen molar-refractivity contribution < 1.29 is 17.9 Å². The topological polar surface area (TPSA) is 65.0 Å². The molecule has 0 aromatic heterocycles. The van der Waals surface area contributed by atoms with E-state index in [1.54, 1.807) is 31.4 Å². The van der Waals surface area contributed by atoms with Crippen molar-refractivity contribution in [2.75, 3.05) is 14.2 Å². The van der Waals surface area contributed by atoms with Gasteiger partial charge < -0.3 is 9.47 Å². The van der Waals surface area contributed by atoms with Crippen molar-refractivity contribution in [3.63, 3.8) is 0 Å². The molecule has 0 fully saturated rings. The normalized spacial score (nSPS) is 11.9. The van der Waals surface area contributed by atoms with Crippen LogP contribution >= 0.6 is 0 Å². The fraction of sp³-hybridized carbons (Fsp3) is 0.118. The average Bonchev–Trinajstić information content (AvgIpc) is 2.59. The molecule has 0 aliphatic heterocycles. The lowest BCUT2D eigenvalue weighted by molar-refractivity contribution is 0.414. The van der Waals surface area contributed by atoms with Gasteiger partial charge in [0.15, 0.2) is 0 Å². The Hall–Kier alpha value is -2.60. The van der Waals surface area contributed by atoms with Crippen LogP contribution in [0.1, 0.15) is 5.56 Å². The zero-order valence-electron chi connectivity index (χ0n) is 12.8. The third-order valence-electron chi connectivity index (χ3n) is 3.05. The number of ether oxygens (including phenoxy) is 2. The van der Waals surface area contributed by atoms with E-state index >= 15 is 0 Å². The van der Waals surface area contributed by atoms with E-state index in [1.165, 1.54) is 25.5 Å². The van der Waals surface area contributed by atoms with Gasteiger partial charge in [-0.25, -0.2) is 0 Å². The molecule has 0 amide bonds. The molecular formula is C17H17NO4S. The summed E-state index contributed by atoms with van der Waals surface area (Å²) in [5, 5.41) is 0. The largest absolute Gasteiger partial charge is 0.497 e. The number of nitrogens with zero attached hydrogens (tertiary/aromatic N) is 1. The van der Waals surface area contributed by atoms with Crippen LogP contribution in [0.4, 0.5) is 0 Å². The smallest absolute Gasteiger partial charge is 0.282 e. The van der Waals surface area contributed by atoms with Crippen LogP contribution in [-0.4, -0.2) is 28.9 Å². The lowest BCUT2D eigenvalue weighted by atomic mass is 10.2. The summed E-state index contributed by atoms with van der Waals surface area (Å²) in [5.41, 5.74) is 0.916. The van der Waals surface area contributed by atoms with Crippen molar-refractivity contribution in [3.05, 3.63) is 60.2 Å². The van der Waals surface area contributed by atoms with E-state index in [-0.39, 0.29) is 4.90 Å². The van der Waals surface area contributed by atoms with Gasteiger partial charge in [-0.15, -0.1) is 0 Å². The standard InChI is InChI=1S/C17H17NO4S/c1-21-15-7-5-14(6-8-15)4-3-13-18-23(19,20)17-11-9-16(22-2)10-12-17/h3-13H,1-2H3/b4-3+,18-13+. The summed E-state index contributed by atoms with van der Waals surface area (Å²) in [5.74, 6) is 1.35. The van der Waals surface area contributed by atoms with E-state index in [4.69, 9.17) is 9.47 Å². The first-order valence-electron chi connectivity index (χ1n) is 6.80. The maximum atomic E-state index is 12.0. The highest BCUT2D eigenvalue weighted by atomic mass is 32.2. The van der Waals surface area contributed by atoms with Crippen LogP contribution in [0.5, 0.6) is 11.5 Å². The maximum Gasteiger partial charge on any atom is 0.282 e. The third-order valence-corrected chi connectivity index (χ3v) is 4.31. The number of allylic oxidation sites excluding steroid dienone is 1. The van der Waals surface area contributed by atoms with Crippen molar-refractivity contribution in [3.8, 4) is 11.5 Å². The lowest BCUT2D eigenvalue weighted by Gasteiger charge is -2.01. The molecular weight excluding hydrogens is 314 g/mol. The van der Waals surface area contributed by atoms with E-state index in [9.17, 15) is 8.42 Å². The van der Waals surface area contributed by atoms with Gasteiger partial charge in [0.1, 0.15) is 11.5 Å². The molecule has 0 spiro atoms. The van der Waals surface area contributed by atoms with Crippen LogP contribution in [0.2, 0.25) is 0 Å². The molecule has 2 aromatic carbocycles. The molecule has 2 rings (SSSR count). The Kier molecular flexibility index (Phi) is 5.54. The highest BCUT2D eigenvalue weighted by Crippen LogP contribution is 2.17. The van der Waals surface area contributed by atoms with E-state index in [0.29, 0.717) is 5.75 Å². The van der Waals surface area contributed by atoms with Crippen molar-refractivity contribution in [2.24, 2.45) is 4.40 Å². The molecule has 5 nitrogen and oxygen atoms in total. The molecule has 0 atom stereocenters. The van der Waals surface area contributed by atoms with Gasteiger partial charge in [0.25, 0.3) is 10.0 Å². The van der Waals surface area contributed by atoms with Gasteiger partial charge in [-0.2, -0.15) is 12.8 Å². The number of hydrogen-bond acceptors (Lipinski definition) is 4. The average molecular weight is 331 g/mol. The predicted octanol–water partition coefficient (Wildman–Crippen LogP) is 3.18. The van der Waals surface area contributed by atoms with Crippen LogP contribution in [0.3, 0.4) is 0 Å². The second kappa shape index (κ2) is 7.60. The van der Waals surface area contributed by atoms with Crippen LogP contribution < -0.4 is 9.47 Å². The highest BCUT2D eigenvalue weighted by molar-refractivity contribution is 7.90. The molecule has 0 aliphatic carbocycles. The number of sulfonamides is 1. The Morgan fingerprint density at radius 2 is 1.39 bits per heavy atom. The summed E-state index contributed by atoms with van der Waals surface area (Å²) >= 11 is 0. The van der Waals surface area contributed by atoms with E-state index in [2.05, 4.69) is 4.40 Å². The molecule has 23 heavy (non-hydrogen) atoms. The summed E-state index contributed by atoms with van der Waals surface area (Å²) in [7, 11) is -0.590. The summed E-state index contributed by atoms with van der Waals surface area (Å²) < 4.78 is 37.8.